The second-order valence-corrected chi connectivity index (χ2v) is 6.19. The Hall–Kier alpha value is -2.51. The van der Waals surface area contributed by atoms with Gasteiger partial charge in [0.2, 0.25) is 5.78 Å². The summed E-state index contributed by atoms with van der Waals surface area (Å²) in [7, 11) is 0. The third kappa shape index (κ3) is 2.72. The van der Waals surface area contributed by atoms with E-state index in [-0.39, 0.29) is 18.7 Å². The number of benzene rings is 1. The molecule has 2 heterocycles. The van der Waals surface area contributed by atoms with E-state index in [2.05, 4.69) is 0 Å². The summed E-state index contributed by atoms with van der Waals surface area (Å²) in [5, 5.41) is 21.2. The van der Waals surface area contributed by atoms with Gasteiger partial charge in [0.1, 0.15) is 5.82 Å². The largest absolute Gasteiger partial charge is 0.503 e. The number of Topliss-reactive ketones (excluding diaryl/α,β-unsaturated/α-hetero) is 1. The number of aliphatic hydroxyl groups is 2. The predicted molar refractivity (Wildman–Crippen MR) is 86.2 cm³/mol. The minimum atomic E-state index is -0.861. The van der Waals surface area contributed by atoms with Crippen LogP contribution in [-0.4, -0.2) is 40.0 Å². The number of hydrogen-bond donors (Lipinski definition) is 2. The zero-order valence-corrected chi connectivity index (χ0v) is 13.3. The normalized spacial score (nSPS) is 17.7. The first-order valence-corrected chi connectivity index (χ1v) is 8.11. The zero-order valence-electron chi connectivity index (χ0n) is 12.5. The number of amides is 1. The van der Waals surface area contributed by atoms with Gasteiger partial charge in [0.25, 0.3) is 5.91 Å². The van der Waals surface area contributed by atoms with Gasteiger partial charge in [0.15, 0.2) is 5.76 Å². The van der Waals surface area contributed by atoms with Gasteiger partial charge >= 0.3 is 0 Å². The Morgan fingerprint density at radius 2 is 1.96 bits per heavy atom. The summed E-state index contributed by atoms with van der Waals surface area (Å²) >= 11 is 1.20. The molecule has 2 aromatic rings. The van der Waals surface area contributed by atoms with Crippen molar-refractivity contribution in [2.24, 2.45) is 0 Å². The zero-order chi connectivity index (χ0) is 17.3. The van der Waals surface area contributed by atoms with Crippen LogP contribution in [0.25, 0.3) is 0 Å². The minimum Gasteiger partial charge on any atom is -0.503 e. The predicted octanol–water partition coefficient (Wildman–Crippen LogP) is 2.46. The third-order valence-electron chi connectivity index (χ3n) is 3.82. The molecule has 0 aliphatic carbocycles. The molecule has 1 atom stereocenters. The van der Waals surface area contributed by atoms with E-state index in [0.717, 1.165) is 0 Å². The van der Waals surface area contributed by atoms with Crippen molar-refractivity contribution in [1.82, 2.24) is 4.90 Å². The van der Waals surface area contributed by atoms with Crippen LogP contribution in [0.2, 0.25) is 0 Å². The van der Waals surface area contributed by atoms with Crippen LogP contribution in [-0.2, 0) is 4.79 Å². The molecule has 0 fully saturated rings. The summed E-state index contributed by atoms with van der Waals surface area (Å²) in [6, 6.07) is 7.80. The fraction of sp³-hybridized carbons (Fsp3) is 0.176. The van der Waals surface area contributed by atoms with Crippen LogP contribution in [0.1, 0.15) is 21.3 Å². The fourth-order valence-corrected chi connectivity index (χ4v) is 3.43. The molecule has 1 amide bonds. The Kier molecular flexibility index (Phi) is 4.46. The molecule has 0 saturated heterocycles. The molecule has 1 aliphatic heterocycles. The first-order valence-electron chi connectivity index (χ1n) is 7.23. The number of halogens is 1. The Morgan fingerprint density at radius 1 is 1.25 bits per heavy atom. The molecule has 2 N–H and O–H groups in total. The molecule has 0 bridgehead atoms. The molecular weight excluding hydrogens is 333 g/mol. The second kappa shape index (κ2) is 6.54. The molecule has 1 unspecified atom stereocenters. The highest BCUT2D eigenvalue weighted by molar-refractivity contribution is 7.12. The fourth-order valence-electron chi connectivity index (χ4n) is 2.76. The van der Waals surface area contributed by atoms with Crippen molar-refractivity contribution in [3.63, 3.8) is 0 Å². The third-order valence-corrected chi connectivity index (χ3v) is 4.69. The first kappa shape index (κ1) is 16.4. The number of carbonyl (C=O) groups excluding carboxylic acids is 2. The number of nitrogens with zero attached hydrogens (tertiary/aromatic N) is 1. The van der Waals surface area contributed by atoms with Crippen molar-refractivity contribution >= 4 is 23.0 Å². The van der Waals surface area contributed by atoms with E-state index in [1.165, 1.54) is 40.5 Å². The molecule has 0 saturated carbocycles. The van der Waals surface area contributed by atoms with E-state index < -0.39 is 29.3 Å². The number of thiophene rings is 1. The van der Waals surface area contributed by atoms with E-state index in [1.54, 1.807) is 17.5 Å². The van der Waals surface area contributed by atoms with Crippen LogP contribution >= 0.6 is 11.3 Å². The molecule has 7 heteroatoms. The highest BCUT2D eigenvalue weighted by Crippen LogP contribution is 2.39. The maximum atomic E-state index is 13.2. The van der Waals surface area contributed by atoms with E-state index >= 15 is 0 Å². The molecule has 1 aromatic carbocycles. The molecular formula is C17H14FNO4S. The van der Waals surface area contributed by atoms with E-state index in [4.69, 9.17) is 0 Å². The second-order valence-electron chi connectivity index (χ2n) is 5.24. The summed E-state index contributed by atoms with van der Waals surface area (Å²) in [6.45, 7) is -0.372. The lowest BCUT2D eigenvalue weighted by molar-refractivity contribution is -0.129. The standard InChI is InChI=1S/C17H14FNO4S/c18-11-5-3-10(4-6-11)14-13(15(21)12-2-1-9-24-12)16(22)17(23)19(14)7-8-20/h1-6,9,14,20,22H,7-8H2. The number of rotatable bonds is 5. The van der Waals surface area contributed by atoms with Crippen molar-refractivity contribution in [2.45, 2.75) is 6.04 Å². The highest BCUT2D eigenvalue weighted by Gasteiger charge is 2.43. The van der Waals surface area contributed by atoms with Gasteiger partial charge in [-0.2, -0.15) is 0 Å². The van der Waals surface area contributed by atoms with Gasteiger partial charge in [0.05, 0.1) is 23.1 Å². The summed E-state index contributed by atoms with van der Waals surface area (Å²) in [6.07, 6.45) is 0. The Bertz CT molecular complexity index is 799. The average Bonchev–Trinajstić information content (AvgIpc) is 3.19. The Morgan fingerprint density at radius 3 is 2.54 bits per heavy atom. The van der Waals surface area contributed by atoms with Crippen LogP contribution in [0.4, 0.5) is 4.39 Å². The first-order chi connectivity index (χ1) is 11.5. The molecule has 24 heavy (non-hydrogen) atoms. The van der Waals surface area contributed by atoms with Crippen molar-refractivity contribution < 1.29 is 24.2 Å². The van der Waals surface area contributed by atoms with Crippen LogP contribution in [0, 0.1) is 5.82 Å². The lowest BCUT2D eigenvalue weighted by Crippen LogP contribution is -2.33. The molecule has 1 aromatic heterocycles. The quantitative estimate of drug-likeness (QED) is 0.815. The number of aliphatic hydroxyl groups excluding tert-OH is 2. The van der Waals surface area contributed by atoms with E-state index in [9.17, 15) is 24.2 Å². The van der Waals surface area contributed by atoms with Gasteiger partial charge in [-0.05, 0) is 29.1 Å². The Labute approximate surface area is 141 Å². The maximum absolute atomic E-state index is 13.2. The molecule has 0 spiro atoms. The van der Waals surface area contributed by atoms with Gasteiger partial charge in [0, 0.05) is 6.54 Å². The lowest BCUT2D eigenvalue weighted by Gasteiger charge is -2.26. The van der Waals surface area contributed by atoms with Crippen LogP contribution in [0.15, 0.2) is 53.1 Å². The number of hydrogen-bond acceptors (Lipinski definition) is 5. The van der Waals surface area contributed by atoms with Crippen LogP contribution in [0.3, 0.4) is 0 Å². The molecule has 5 nitrogen and oxygen atoms in total. The number of ketones is 1. The number of β-amino-alcohol motifs (C(OH)–C–C–N with tert-alkyl or cyclic N) is 1. The summed E-state index contributed by atoms with van der Waals surface area (Å²) in [4.78, 5) is 26.7. The monoisotopic (exact) mass is 347 g/mol. The van der Waals surface area contributed by atoms with Gasteiger partial charge in [-0.15, -0.1) is 11.3 Å². The van der Waals surface area contributed by atoms with Gasteiger partial charge in [-0.3, -0.25) is 9.59 Å². The smallest absolute Gasteiger partial charge is 0.290 e. The molecule has 124 valence electrons. The summed E-state index contributed by atoms with van der Waals surface area (Å²) in [5.41, 5.74) is 0.435. The van der Waals surface area contributed by atoms with Crippen molar-refractivity contribution in [3.8, 4) is 0 Å². The minimum absolute atomic E-state index is 0.0494. The van der Waals surface area contributed by atoms with Crippen LogP contribution < -0.4 is 0 Å². The topological polar surface area (TPSA) is 77.8 Å². The summed E-state index contributed by atoms with van der Waals surface area (Å²) in [5.74, 6) is -2.25. The lowest BCUT2D eigenvalue weighted by atomic mass is 9.95. The van der Waals surface area contributed by atoms with Gasteiger partial charge in [-0.1, -0.05) is 18.2 Å². The summed E-state index contributed by atoms with van der Waals surface area (Å²) < 4.78 is 13.2. The van der Waals surface area contributed by atoms with Crippen LogP contribution in [0.5, 0.6) is 0 Å². The van der Waals surface area contributed by atoms with Crippen molar-refractivity contribution in [1.29, 1.82) is 0 Å². The molecule has 1 aliphatic rings. The van der Waals surface area contributed by atoms with E-state index in [0.29, 0.717) is 10.4 Å². The molecule has 0 radical (unpaired) electrons. The average molecular weight is 347 g/mol. The van der Waals surface area contributed by atoms with Gasteiger partial charge < -0.3 is 15.1 Å². The van der Waals surface area contributed by atoms with E-state index in [1.807, 2.05) is 0 Å². The Balaban J connectivity index is 2.10. The van der Waals surface area contributed by atoms with Crippen molar-refractivity contribution in [2.75, 3.05) is 13.2 Å². The number of carbonyl (C=O) groups is 2. The van der Waals surface area contributed by atoms with Crippen molar-refractivity contribution in [3.05, 3.63) is 69.4 Å². The maximum Gasteiger partial charge on any atom is 0.290 e. The SMILES string of the molecule is O=C(C1=C(O)C(=O)N(CCO)C1c1ccc(F)cc1)c1cccs1. The highest BCUT2D eigenvalue weighted by atomic mass is 32.1. The molecule has 3 rings (SSSR count). The van der Waals surface area contributed by atoms with Gasteiger partial charge in [-0.25, -0.2) is 4.39 Å².